The number of hydrogen-bond acceptors (Lipinski definition) is 4. The molecule has 0 aromatic heterocycles. The number of hydrogen-bond donors (Lipinski definition) is 0. The van der Waals surface area contributed by atoms with E-state index in [9.17, 15) is 9.59 Å². The van der Waals surface area contributed by atoms with Crippen LogP contribution in [0.15, 0.2) is 24.3 Å². The van der Waals surface area contributed by atoms with Crippen LogP contribution in [0.1, 0.15) is 22.8 Å². The van der Waals surface area contributed by atoms with Gasteiger partial charge in [-0.25, -0.2) is 4.79 Å². The summed E-state index contributed by atoms with van der Waals surface area (Å²) in [5, 5.41) is 0. The Labute approximate surface area is 100 Å². The number of esters is 1. The highest BCUT2D eigenvalue weighted by Gasteiger charge is 2.49. The van der Waals surface area contributed by atoms with Crippen molar-refractivity contribution in [1.29, 1.82) is 0 Å². The molecule has 2 rings (SSSR count). The molecular weight excluding hydrogens is 218 g/mol. The molecule has 0 saturated carbocycles. The molecule has 0 fully saturated rings. The van der Waals surface area contributed by atoms with Crippen LogP contribution in [-0.4, -0.2) is 36.3 Å². The summed E-state index contributed by atoms with van der Waals surface area (Å²) in [6.45, 7) is 2.17. The maximum atomic E-state index is 12.4. The van der Waals surface area contributed by atoms with Gasteiger partial charge in [-0.2, -0.15) is 0 Å². The second kappa shape index (κ2) is 3.96. The molecule has 1 heterocycles. The maximum Gasteiger partial charge on any atom is 0.334 e. The molecule has 1 aliphatic rings. The van der Waals surface area contributed by atoms with Crippen molar-refractivity contribution in [3.63, 3.8) is 0 Å². The normalized spacial score (nSPS) is 24.3. The van der Waals surface area contributed by atoms with Crippen LogP contribution in [0.25, 0.3) is 0 Å². The predicted octanol–water partition coefficient (Wildman–Crippen LogP) is 1.25. The van der Waals surface area contributed by atoms with Gasteiger partial charge in [-0.05, 0) is 19.5 Å². The lowest BCUT2D eigenvalue weighted by Gasteiger charge is -2.39. The Morgan fingerprint density at radius 3 is 2.71 bits per heavy atom. The monoisotopic (exact) mass is 233 g/mol. The third kappa shape index (κ3) is 1.56. The standard InChI is InChI=1S/C13H15NO3/c1-13(12(16)17-3)11(15)10-7-5-4-6-9(10)8-14(13)2/h4-7H,8H2,1-3H3. The number of nitrogens with zero attached hydrogens (tertiary/aromatic N) is 1. The highest BCUT2D eigenvalue weighted by atomic mass is 16.5. The van der Waals surface area contributed by atoms with Gasteiger partial charge < -0.3 is 4.74 Å². The number of carbonyl (C=O) groups excluding carboxylic acids is 2. The number of benzene rings is 1. The molecule has 0 radical (unpaired) electrons. The summed E-state index contributed by atoms with van der Waals surface area (Å²) in [6, 6.07) is 7.35. The van der Waals surface area contributed by atoms with E-state index in [1.807, 2.05) is 12.1 Å². The van der Waals surface area contributed by atoms with Crippen molar-refractivity contribution in [2.45, 2.75) is 19.0 Å². The van der Waals surface area contributed by atoms with E-state index >= 15 is 0 Å². The minimum absolute atomic E-state index is 0.200. The molecule has 0 spiro atoms. The fourth-order valence-electron chi connectivity index (χ4n) is 2.18. The number of fused-ring (bicyclic) bond motifs is 1. The van der Waals surface area contributed by atoms with Gasteiger partial charge in [-0.3, -0.25) is 9.69 Å². The number of methoxy groups -OCH3 is 1. The highest BCUT2D eigenvalue weighted by molar-refractivity contribution is 6.17. The summed E-state index contributed by atoms with van der Waals surface area (Å²) in [4.78, 5) is 26.0. The van der Waals surface area contributed by atoms with Gasteiger partial charge in [0.25, 0.3) is 0 Å². The minimum Gasteiger partial charge on any atom is -0.467 e. The zero-order chi connectivity index (χ0) is 12.6. The van der Waals surface area contributed by atoms with Crippen LogP contribution >= 0.6 is 0 Å². The molecule has 1 unspecified atom stereocenters. The molecule has 0 aliphatic carbocycles. The van der Waals surface area contributed by atoms with E-state index in [4.69, 9.17) is 4.74 Å². The van der Waals surface area contributed by atoms with Gasteiger partial charge in [-0.15, -0.1) is 0 Å². The Kier molecular flexibility index (Phi) is 2.75. The molecule has 90 valence electrons. The summed E-state index contributed by atoms with van der Waals surface area (Å²) in [7, 11) is 3.06. The molecule has 17 heavy (non-hydrogen) atoms. The SMILES string of the molecule is COC(=O)C1(C)C(=O)c2ccccc2CN1C. The van der Waals surface area contributed by atoms with E-state index in [1.165, 1.54) is 7.11 Å². The first-order valence-corrected chi connectivity index (χ1v) is 5.44. The summed E-state index contributed by atoms with van der Waals surface area (Å²) in [5.74, 6) is -0.715. The van der Waals surface area contributed by atoms with E-state index in [1.54, 1.807) is 31.0 Å². The van der Waals surface area contributed by atoms with Crippen molar-refractivity contribution in [3.05, 3.63) is 35.4 Å². The molecule has 1 atom stereocenters. The molecule has 1 aliphatic heterocycles. The average molecular weight is 233 g/mol. The number of rotatable bonds is 1. The average Bonchev–Trinajstić information content (AvgIpc) is 2.35. The first-order valence-electron chi connectivity index (χ1n) is 5.44. The van der Waals surface area contributed by atoms with Crippen molar-refractivity contribution in [1.82, 2.24) is 4.90 Å². The molecule has 0 amide bonds. The third-order valence-corrected chi connectivity index (χ3v) is 3.46. The number of Topliss-reactive ketones (excluding diaryl/α,β-unsaturated/α-hetero) is 1. The fraction of sp³-hybridized carbons (Fsp3) is 0.385. The number of carbonyl (C=O) groups is 2. The summed E-state index contributed by atoms with van der Waals surface area (Å²) >= 11 is 0. The topological polar surface area (TPSA) is 46.6 Å². The van der Waals surface area contributed by atoms with E-state index in [2.05, 4.69) is 0 Å². The zero-order valence-electron chi connectivity index (χ0n) is 10.2. The summed E-state index contributed by atoms with van der Waals surface area (Å²) in [5.41, 5.74) is 0.336. The van der Waals surface area contributed by atoms with Crippen LogP contribution < -0.4 is 0 Å². The van der Waals surface area contributed by atoms with Gasteiger partial charge in [0.1, 0.15) is 0 Å². The molecule has 0 saturated heterocycles. The Balaban J connectivity index is 2.54. The Morgan fingerprint density at radius 2 is 2.06 bits per heavy atom. The summed E-state index contributed by atoms with van der Waals surface area (Å²) < 4.78 is 4.75. The van der Waals surface area contributed by atoms with Crippen molar-refractivity contribution in [2.24, 2.45) is 0 Å². The highest BCUT2D eigenvalue weighted by Crippen LogP contribution is 2.30. The Morgan fingerprint density at radius 1 is 1.41 bits per heavy atom. The lowest BCUT2D eigenvalue weighted by Crippen LogP contribution is -2.59. The number of ether oxygens (including phenoxy) is 1. The lowest BCUT2D eigenvalue weighted by molar-refractivity contribution is -0.150. The Bertz CT molecular complexity index is 483. The number of likely N-dealkylation sites (N-methyl/N-ethyl adjacent to an activating group) is 1. The molecule has 0 bridgehead atoms. The second-order valence-corrected chi connectivity index (χ2v) is 4.41. The van der Waals surface area contributed by atoms with Gasteiger partial charge in [0.2, 0.25) is 0 Å². The van der Waals surface area contributed by atoms with Gasteiger partial charge >= 0.3 is 5.97 Å². The smallest absolute Gasteiger partial charge is 0.334 e. The van der Waals surface area contributed by atoms with Crippen molar-refractivity contribution in [2.75, 3.05) is 14.2 Å². The molecule has 4 heteroatoms. The molecule has 1 aromatic rings. The summed E-state index contributed by atoms with van der Waals surface area (Å²) in [6.07, 6.45) is 0. The second-order valence-electron chi connectivity index (χ2n) is 4.41. The van der Waals surface area contributed by atoms with Crippen molar-refractivity contribution >= 4 is 11.8 Å². The van der Waals surface area contributed by atoms with E-state index in [0.717, 1.165) is 5.56 Å². The van der Waals surface area contributed by atoms with Gasteiger partial charge in [0.15, 0.2) is 11.3 Å². The van der Waals surface area contributed by atoms with Crippen LogP contribution in [0.5, 0.6) is 0 Å². The van der Waals surface area contributed by atoms with Crippen LogP contribution in [0.2, 0.25) is 0 Å². The van der Waals surface area contributed by atoms with Crippen molar-refractivity contribution in [3.8, 4) is 0 Å². The van der Waals surface area contributed by atoms with Gasteiger partial charge in [0.05, 0.1) is 7.11 Å². The van der Waals surface area contributed by atoms with Gasteiger partial charge in [0, 0.05) is 12.1 Å². The largest absolute Gasteiger partial charge is 0.467 e. The first kappa shape index (κ1) is 11.8. The Hall–Kier alpha value is -1.68. The van der Waals surface area contributed by atoms with Crippen LogP contribution in [0.4, 0.5) is 0 Å². The van der Waals surface area contributed by atoms with Crippen molar-refractivity contribution < 1.29 is 14.3 Å². The maximum absolute atomic E-state index is 12.4. The lowest BCUT2D eigenvalue weighted by atomic mass is 9.83. The van der Waals surface area contributed by atoms with E-state index in [0.29, 0.717) is 12.1 Å². The molecular formula is C13H15NO3. The van der Waals surface area contributed by atoms with E-state index in [-0.39, 0.29) is 5.78 Å². The zero-order valence-corrected chi connectivity index (χ0v) is 10.2. The third-order valence-electron chi connectivity index (χ3n) is 3.46. The molecule has 1 aromatic carbocycles. The number of ketones is 1. The molecule has 0 N–H and O–H groups in total. The fourth-order valence-corrected chi connectivity index (χ4v) is 2.18. The van der Waals surface area contributed by atoms with Crippen LogP contribution in [0, 0.1) is 0 Å². The van der Waals surface area contributed by atoms with Crippen LogP contribution in [-0.2, 0) is 16.1 Å². The van der Waals surface area contributed by atoms with Crippen LogP contribution in [0.3, 0.4) is 0 Å². The first-order chi connectivity index (χ1) is 8.01. The minimum atomic E-state index is -1.22. The van der Waals surface area contributed by atoms with E-state index < -0.39 is 11.5 Å². The molecule has 4 nitrogen and oxygen atoms in total. The quantitative estimate of drug-likeness (QED) is 0.541. The predicted molar refractivity (Wildman–Crippen MR) is 62.7 cm³/mol. The van der Waals surface area contributed by atoms with Gasteiger partial charge in [-0.1, -0.05) is 24.3 Å².